The van der Waals surface area contributed by atoms with Crippen molar-refractivity contribution in [1.82, 2.24) is 4.98 Å². The van der Waals surface area contributed by atoms with E-state index in [0.29, 0.717) is 14.5 Å². The molecule has 221 valence electrons. The summed E-state index contributed by atoms with van der Waals surface area (Å²) in [7, 11) is -1.90. The second-order valence-corrected chi connectivity index (χ2v) is 18.1. The molecule has 3 nitrogen and oxygen atoms in total. The van der Waals surface area contributed by atoms with Gasteiger partial charge in [0.05, 0.1) is 5.76 Å². The van der Waals surface area contributed by atoms with Crippen LogP contribution in [0.25, 0.3) is 41.3 Å². The van der Waals surface area contributed by atoms with Crippen LogP contribution in [0.15, 0.2) is 72.6 Å². The fourth-order valence-corrected chi connectivity index (χ4v) is 12.4. The Morgan fingerprint density at radius 3 is 2.29 bits per heavy atom. The minimum atomic E-state index is -1.90. The van der Waals surface area contributed by atoms with Gasteiger partial charge in [-0.15, -0.1) is 0 Å². The maximum Gasteiger partial charge on any atom is 0 e. The molecule has 0 unspecified atom stereocenters. The fraction of sp³-hybridized carbons (Fsp3) is 0.333. The number of nitrogens with zero attached hydrogens (tertiary/aromatic N) is 1. The van der Waals surface area contributed by atoms with Gasteiger partial charge in [-0.25, -0.2) is 0 Å². The van der Waals surface area contributed by atoms with Crippen LogP contribution >= 0.6 is 0 Å². The third-order valence-corrected chi connectivity index (χ3v) is 14.8. The van der Waals surface area contributed by atoms with Crippen LogP contribution in [0, 0.1) is 17.9 Å². The summed E-state index contributed by atoms with van der Waals surface area (Å²) < 4.78 is 3.00. The van der Waals surface area contributed by atoms with Gasteiger partial charge in [0.25, 0.3) is 0 Å². The molecule has 2 aromatic heterocycles. The number of ketones is 1. The Hall–Kier alpha value is -2.33. The molecule has 0 fully saturated rings. The summed E-state index contributed by atoms with van der Waals surface area (Å²) >= 11 is 0.386. The van der Waals surface area contributed by atoms with E-state index >= 15 is 0 Å². The van der Waals surface area contributed by atoms with Gasteiger partial charge in [-0.2, -0.15) is 0 Å². The first-order valence-corrected chi connectivity index (χ1v) is 19.7. The summed E-state index contributed by atoms with van der Waals surface area (Å²) in [5.41, 5.74) is 2.38. The molecule has 1 N–H and O–H groups in total. The molecule has 0 saturated heterocycles. The van der Waals surface area contributed by atoms with Gasteiger partial charge in [0, 0.05) is 38.0 Å². The molecule has 1 aliphatic rings. The molecule has 0 spiro atoms. The summed E-state index contributed by atoms with van der Waals surface area (Å²) in [6.07, 6.45) is 6.90. The van der Waals surface area contributed by atoms with Gasteiger partial charge in [0.1, 0.15) is 0 Å². The van der Waals surface area contributed by atoms with Gasteiger partial charge in [-0.3, -0.25) is 4.79 Å². The zero-order chi connectivity index (χ0) is 29.3. The van der Waals surface area contributed by atoms with Crippen molar-refractivity contribution in [2.75, 3.05) is 0 Å². The van der Waals surface area contributed by atoms with Gasteiger partial charge in [0.2, 0.25) is 0 Å². The second kappa shape index (κ2) is 13.5. The van der Waals surface area contributed by atoms with Crippen molar-refractivity contribution < 1.29 is 30.0 Å². The first-order valence-electron chi connectivity index (χ1n) is 15.0. The number of benzene rings is 3. The molecule has 1 aliphatic heterocycles. The van der Waals surface area contributed by atoms with Crippen molar-refractivity contribution in [2.45, 2.75) is 66.5 Å². The molecule has 0 amide bonds. The average molecular weight is 818 g/mol. The average Bonchev–Trinajstić information content (AvgIpc) is 3.33. The number of aliphatic hydroxyl groups excluding tert-OH is 1. The normalized spacial score (nSPS) is 13.7. The molecular weight excluding hydrogens is 778 g/mol. The van der Waals surface area contributed by atoms with Gasteiger partial charge >= 0.3 is 159 Å². The van der Waals surface area contributed by atoms with Crippen LogP contribution < -0.4 is 10.4 Å². The SMILES string of the molecule is CCC(CC)C(=O)/C=C(\O)C(CC)CC.C[Si]1(C)c2c([c-]cc3ccccc23)-c2nccc3[se]c4cccc1c4c23.[Ir]. The Morgan fingerprint density at radius 1 is 0.929 bits per heavy atom. The van der Waals surface area contributed by atoms with Crippen molar-refractivity contribution in [1.29, 1.82) is 0 Å². The minimum absolute atomic E-state index is 0. The van der Waals surface area contributed by atoms with Crippen molar-refractivity contribution in [3.8, 4) is 11.3 Å². The maximum atomic E-state index is 11.7. The largest absolute Gasteiger partial charge is 0 e. The third-order valence-electron chi connectivity index (χ3n) is 8.88. The smallest absolute Gasteiger partial charge is 0 e. The number of fused-ring (bicyclic) bond motifs is 4. The molecule has 1 radical (unpaired) electrons. The number of allylic oxidation sites excluding steroid dienone is 2. The van der Waals surface area contributed by atoms with Crippen LogP contribution in [-0.4, -0.2) is 38.5 Å². The van der Waals surface area contributed by atoms with Gasteiger partial charge in [-0.05, 0) is 25.7 Å². The number of aromatic nitrogens is 1. The van der Waals surface area contributed by atoms with Crippen LogP contribution in [0.2, 0.25) is 13.1 Å². The zero-order valence-electron chi connectivity index (χ0n) is 25.4. The number of pyridine rings is 1. The van der Waals surface area contributed by atoms with E-state index in [1.54, 1.807) is 5.19 Å². The van der Waals surface area contributed by atoms with E-state index in [4.69, 9.17) is 4.98 Å². The minimum Gasteiger partial charge on any atom is 0 e. The number of hydrogen-bond donors (Lipinski definition) is 1. The molecule has 0 atom stereocenters. The molecule has 0 bridgehead atoms. The van der Waals surface area contributed by atoms with Crippen molar-refractivity contribution >= 4 is 68.8 Å². The number of carbonyl (C=O) groups excluding carboxylic acids is 1. The predicted octanol–water partition coefficient (Wildman–Crippen LogP) is 8.07. The van der Waals surface area contributed by atoms with Gasteiger partial charge in [-0.1, -0.05) is 27.7 Å². The topological polar surface area (TPSA) is 50.2 Å². The van der Waals surface area contributed by atoms with E-state index in [2.05, 4.69) is 73.8 Å². The summed E-state index contributed by atoms with van der Waals surface area (Å²) in [5, 5.41) is 18.4. The number of carbonyl (C=O) groups is 1. The summed E-state index contributed by atoms with van der Waals surface area (Å²) in [5.74, 6) is 0.547. The van der Waals surface area contributed by atoms with E-state index in [9.17, 15) is 9.90 Å². The quantitative estimate of drug-likeness (QED) is 0.0783. The Bertz CT molecular complexity index is 1770. The van der Waals surface area contributed by atoms with Crippen LogP contribution in [-0.2, 0) is 24.9 Å². The van der Waals surface area contributed by atoms with E-state index in [1.807, 2.05) is 33.9 Å². The molecule has 3 heterocycles. The van der Waals surface area contributed by atoms with E-state index < -0.39 is 8.07 Å². The Balaban J connectivity index is 0.000000221. The molecular formula is C36H40IrNO2SeSi-. The standard InChI is InChI=1S/C23H16NSeSi.C13H24O2.Ir/c1-26(2)19-9-5-8-17-20(19)21-18(25-17)12-13-24-22(21)16-11-10-14-6-3-4-7-15(14)23(16)26;1-5-10(6-2)12(14)9-13(15)11(7-3)8-4;/h3-10,12-13H,1-2H3;9-11,14H,5-8H2,1-4H3;/q-1;;/b;12-9-;. The molecule has 5 aromatic rings. The van der Waals surface area contributed by atoms with E-state index in [0.717, 1.165) is 31.4 Å². The molecule has 42 heavy (non-hydrogen) atoms. The van der Waals surface area contributed by atoms with Crippen molar-refractivity contribution in [3.05, 3.63) is 78.7 Å². The summed E-state index contributed by atoms with van der Waals surface area (Å²) in [4.78, 5) is 16.6. The monoisotopic (exact) mass is 819 g/mol. The Morgan fingerprint density at radius 2 is 1.60 bits per heavy atom. The van der Waals surface area contributed by atoms with Crippen LogP contribution in [0.5, 0.6) is 0 Å². The Kier molecular flexibility index (Phi) is 10.5. The first kappa shape index (κ1) is 32.6. The number of hydrogen-bond acceptors (Lipinski definition) is 3. The van der Waals surface area contributed by atoms with E-state index in [-0.39, 0.29) is 43.5 Å². The third kappa shape index (κ3) is 5.77. The van der Waals surface area contributed by atoms with Crippen LogP contribution in [0.1, 0.15) is 53.4 Å². The zero-order valence-corrected chi connectivity index (χ0v) is 30.5. The fourth-order valence-electron chi connectivity index (χ4n) is 6.43. The van der Waals surface area contributed by atoms with Crippen LogP contribution in [0.4, 0.5) is 0 Å². The molecule has 0 aliphatic carbocycles. The predicted molar refractivity (Wildman–Crippen MR) is 179 cm³/mol. The van der Waals surface area contributed by atoms with E-state index in [1.165, 1.54) is 46.9 Å². The molecule has 3 aromatic carbocycles. The van der Waals surface area contributed by atoms with Crippen LogP contribution in [0.3, 0.4) is 0 Å². The van der Waals surface area contributed by atoms with Gasteiger partial charge < -0.3 is 5.11 Å². The second-order valence-electron chi connectivity index (χ2n) is 11.6. The Labute approximate surface area is 270 Å². The number of aliphatic hydroxyl groups is 1. The van der Waals surface area contributed by atoms with Gasteiger partial charge in [0.15, 0.2) is 5.78 Å². The summed E-state index contributed by atoms with van der Waals surface area (Å²) in [6.45, 7) is 13.1. The maximum absolute atomic E-state index is 11.7. The van der Waals surface area contributed by atoms with Crippen molar-refractivity contribution in [2.24, 2.45) is 11.8 Å². The first-order chi connectivity index (χ1) is 19.8. The summed E-state index contributed by atoms with van der Waals surface area (Å²) in [6, 6.07) is 23.8. The van der Waals surface area contributed by atoms with Crippen molar-refractivity contribution in [3.63, 3.8) is 0 Å². The number of rotatable bonds is 7. The molecule has 0 saturated carbocycles. The molecule has 6 rings (SSSR count). The molecule has 6 heteroatoms.